The van der Waals surface area contributed by atoms with Crippen molar-refractivity contribution >= 4 is 0 Å². The number of alkyl halides is 2. The maximum atomic E-state index is 12.2. The van der Waals surface area contributed by atoms with E-state index < -0.39 is 12.7 Å². The van der Waals surface area contributed by atoms with Crippen LogP contribution in [0.25, 0.3) is 0 Å². The van der Waals surface area contributed by atoms with E-state index in [0.717, 1.165) is 12.8 Å². The number of aliphatic hydroxyl groups is 1. The third-order valence-electron chi connectivity index (χ3n) is 3.25. The van der Waals surface area contributed by atoms with Crippen molar-refractivity contribution in [2.45, 2.75) is 32.0 Å². The molecule has 0 fully saturated rings. The average molecular weight is 292 g/mol. The summed E-state index contributed by atoms with van der Waals surface area (Å²) in [5.74, 6) is 0.0737. The lowest BCUT2D eigenvalue weighted by Crippen LogP contribution is -2.03. The van der Waals surface area contributed by atoms with Crippen molar-refractivity contribution < 1.29 is 18.6 Å². The third kappa shape index (κ3) is 5.16. The molecule has 0 bridgehead atoms. The van der Waals surface area contributed by atoms with E-state index in [1.54, 1.807) is 12.1 Å². The molecule has 0 aliphatic rings. The van der Waals surface area contributed by atoms with Gasteiger partial charge in [0.25, 0.3) is 0 Å². The molecule has 0 aromatic heterocycles. The zero-order valence-corrected chi connectivity index (χ0v) is 11.6. The summed E-state index contributed by atoms with van der Waals surface area (Å²) in [5.41, 5.74) is 1.82. The molecule has 1 atom stereocenters. The fourth-order valence-corrected chi connectivity index (χ4v) is 2.21. The van der Waals surface area contributed by atoms with E-state index in [4.69, 9.17) is 0 Å². The van der Waals surface area contributed by atoms with E-state index in [9.17, 15) is 13.9 Å². The topological polar surface area (TPSA) is 29.5 Å². The van der Waals surface area contributed by atoms with Crippen LogP contribution in [0.5, 0.6) is 5.75 Å². The molecule has 0 heterocycles. The summed E-state index contributed by atoms with van der Waals surface area (Å²) in [5, 5.41) is 10.1. The molecule has 0 saturated heterocycles. The second-order valence-corrected chi connectivity index (χ2v) is 4.84. The molecule has 2 rings (SSSR count). The van der Waals surface area contributed by atoms with Gasteiger partial charge in [0.1, 0.15) is 5.75 Å². The van der Waals surface area contributed by atoms with Crippen molar-refractivity contribution in [3.05, 3.63) is 65.7 Å². The number of ether oxygens (including phenoxy) is 1. The monoisotopic (exact) mass is 292 g/mol. The Bertz CT molecular complexity index is 543. The molecule has 1 unspecified atom stereocenters. The van der Waals surface area contributed by atoms with E-state index in [0.29, 0.717) is 12.0 Å². The number of rotatable bonds is 7. The van der Waals surface area contributed by atoms with Crippen LogP contribution in [0.3, 0.4) is 0 Å². The van der Waals surface area contributed by atoms with Crippen LogP contribution in [-0.4, -0.2) is 11.7 Å². The van der Waals surface area contributed by atoms with Crippen molar-refractivity contribution in [1.82, 2.24) is 0 Å². The Morgan fingerprint density at radius 2 is 1.76 bits per heavy atom. The van der Waals surface area contributed by atoms with Gasteiger partial charge < -0.3 is 9.84 Å². The van der Waals surface area contributed by atoms with Crippen LogP contribution in [0, 0.1) is 0 Å². The van der Waals surface area contributed by atoms with Crippen LogP contribution in [0.2, 0.25) is 0 Å². The molecule has 0 aliphatic heterocycles. The van der Waals surface area contributed by atoms with Crippen LogP contribution < -0.4 is 4.74 Å². The first-order valence-electron chi connectivity index (χ1n) is 6.92. The molecule has 0 radical (unpaired) electrons. The normalized spacial score (nSPS) is 12.4. The highest BCUT2D eigenvalue weighted by Gasteiger charge is 2.10. The van der Waals surface area contributed by atoms with Gasteiger partial charge in [0.05, 0.1) is 6.10 Å². The lowest BCUT2D eigenvalue weighted by molar-refractivity contribution is -0.0499. The first kappa shape index (κ1) is 15.4. The Balaban J connectivity index is 1.86. The molecule has 1 N–H and O–H groups in total. The van der Waals surface area contributed by atoms with Crippen molar-refractivity contribution in [2.75, 3.05) is 0 Å². The predicted octanol–water partition coefficient (Wildman–Crippen LogP) is 4.34. The fraction of sp³-hybridized carbons (Fsp3) is 0.294. The smallest absolute Gasteiger partial charge is 0.387 e. The molecule has 0 amide bonds. The first-order chi connectivity index (χ1) is 10.1. The zero-order chi connectivity index (χ0) is 15.1. The zero-order valence-electron chi connectivity index (χ0n) is 11.6. The van der Waals surface area contributed by atoms with Crippen LogP contribution in [0.4, 0.5) is 8.78 Å². The molecule has 112 valence electrons. The van der Waals surface area contributed by atoms with Crippen LogP contribution >= 0.6 is 0 Å². The van der Waals surface area contributed by atoms with Crippen LogP contribution in [0.1, 0.15) is 30.1 Å². The lowest BCUT2D eigenvalue weighted by Gasteiger charge is -2.12. The van der Waals surface area contributed by atoms with E-state index in [-0.39, 0.29) is 5.75 Å². The van der Waals surface area contributed by atoms with Gasteiger partial charge in [-0.15, -0.1) is 0 Å². The van der Waals surface area contributed by atoms with Gasteiger partial charge in [0, 0.05) is 0 Å². The highest BCUT2D eigenvalue weighted by molar-refractivity contribution is 5.30. The molecule has 2 aromatic rings. The highest BCUT2D eigenvalue weighted by atomic mass is 19.3. The number of hydrogen-bond donors (Lipinski definition) is 1. The van der Waals surface area contributed by atoms with Crippen molar-refractivity contribution in [3.8, 4) is 5.75 Å². The SMILES string of the molecule is OC(CCCc1ccccc1)c1cccc(OC(F)F)c1. The number of hydrogen-bond acceptors (Lipinski definition) is 2. The Labute approximate surface area is 123 Å². The van der Waals surface area contributed by atoms with Crippen LogP contribution in [0.15, 0.2) is 54.6 Å². The Morgan fingerprint density at radius 3 is 2.48 bits per heavy atom. The summed E-state index contributed by atoms with van der Waals surface area (Å²) >= 11 is 0. The van der Waals surface area contributed by atoms with Gasteiger partial charge in [-0.2, -0.15) is 8.78 Å². The van der Waals surface area contributed by atoms with E-state index >= 15 is 0 Å². The molecule has 21 heavy (non-hydrogen) atoms. The second kappa shape index (κ2) is 7.74. The average Bonchev–Trinajstić information content (AvgIpc) is 2.48. The minimum atomic E-state index is -2.85. The van der Waals surface area contributed by atoms with E-state index in [1.165, 1.54) is 17.7 Å². The lowest BCUT2D eigenvalue weighted by atomic mass is 10.0. The van der Waals surface area contributed by atoms with Crippen LogP contribution in [-0.2, 0) is 6.42 Å². The molecular formula is C17H18F2O2. The van der Waals surface area contributed by atoms with Gasteiger partial charge in [-0.3, -0.25) is 0 Å². The molecular weight excluding hydrogens is 274 g/mol. The van der Waals surface area contributed by atoms with Crippen molar-refractivity contribution in [3.63, 3.8) is 0 Å². The van der Waals surface area contributed by atoms with Gasteiger partial charge in [-0.25, -0.2) is 0 Å². The van der Waals surface area contributed by atoms with E-state index in [2.05, 4.69) is 4.74 Å². The Kier molecular flexibility index (Phi) is 5.69. The maximum Gasteiger partial charge on any atom is 0.387 e. The van der Waals surface area contributed by atoms with E-state index in [1.807, 2.05) is 30.3 Å². The number of benzene rings is 2. The molecule has 4 heteroatoms. The number of halogens is 2. The quantitative estimate of drug-likeness (QED) is 0.822. The molecule has 0 aliphatic carbocycles. The van der Waals surface area contributed by atoms with Gasteiger partial charge >= 0.3 is 6.61 Å². The summed E-state index contributed by atoms with van der Waals surface area (Å²) in [7, 11) is 0. The molecule has 2 aromatic carbocycles. The summed E-state index contributed by atoms with van der Waals surface area (Å²) in [6, 6.07) is 16.2. The second-order valence-electron chi connectivity index (χ2n) is 4.84. The summed E-state index contributed by atoms with van der Waals surface area (Å²) < 4.78 is 28.7. The minimum absolute atomic E-state index is 0.0737. The molecule has 0 saturated carbocycles. The number of aryl methyl sites for hydroxylation is 1. The molecule has 2 nitrogen and oxygen atoms in total. The van der Waals surface area contributed by atoms with Gasteiger partial charge in [-0.05, 0) is 42.5 Å². The van der Waals surface area contributed by atoms with Gasteiger partial charge in [0.15, 0.2) is 0 Å². The number of aliphatic hydroxyl groups excluding tert-OH is 1. The fourth-order valence-electron chi connectivity index (χ4n) is 2.21. The standard InChI is InChI=1S/C17H18F2O2/c18-17(19)21-15-10-5-9-14(12-15)16(20)11-4-8-13-6-2-1-3-7-13/h1-3,5-7,9-10,12,16-17,20H,4,8,11H2. The van der Waals surface area contributed by atoms with Gasteiger partial charge in [0.2, 0.25) is 0 Å². The largest absolute Gasteiger partial charge is 0.435 e. The first-order valence-corrected chi connectivity index (χ1v) is 6.92. The third-order valence-corrected chi connectivity index (χ3v) is 3.25. The predicted molar refractivity (Wildman–Crippen MR) is 77.4 cm³/mol. The Morgan fingerprint density at radius 1 is 1.00 bits per heavy atom. The minimum Gasteiger partial charge on any atom is -0.435 e. The summed E-state index contributed by atoms with van der Waals surface area (Å²) in [6.45, 7) is -2.85. The maximum absolute atomic E-state index is 12.2. The summed E-state index contributed by atoms with van der Waals surface area (Å²) in [4.78, 5) is 0. The summed E-state index contributed by atoms with van der Waals surface area (Å²) in [6.07, 6.45) is 1.61. The van der Waals surface area contributed by atoms with Crippen molar-refractivity contribution in [2.24, 2.45) is 0 Å². The van der Waals surface area contributed by atoms with Gasteiger partial charge in [-0.1, -0.05) is 42.5 Å². The highest BCUT2D eigenvalue weighted by Crippen LogP contribution is 2.24. The van der Waals surface area contributed by atoms with Crippen molar-refractivity contribution in [1.29, 1.82) is 0 Å². The molecule has 0 spiro atoms. The Hall–Kier alpha value is -1.94.